The van der Waals surface area contributed by atoms with Gasteiger partial charge in [0.15, 0.2) is 5.75 Å². The number of hydrogen-bond acceptors (Lipinski definition) is 2. The molecule has 0 unspecified atom stereocenters. The first-order valence-electron chi connectivity index (χ1n) is 4.46. The third-order valence-electron chi connectivity index (χ3n) is 2.06. The number of para-hydroxylation sites is 1. The van der Waals surface area contributed by atoms with Gasteiger partial charge in [-0.05, 0) is 28.1 Å². The standard InChI is InChI=1S/C10H9BrF3NO2/c1-15(9(16)10(12,13)14)7-5-3-4-6(11)8(7)17-2/h3-5H,1-2H3. The van der Waals surface area contributed by atoms with Crippen molar-refractivity contribution in [1.82, 2.24) is 0 Å². The lowest BCUT2D eigenvalue weighted by Crippen LogP contribution is -2.38. The number of hydrogen-bond donors (Lipinski definition) is 0. The summed E-state index contributed by atoms with van der Waals surface area (Å²) >= 11 is 3.13. The molecule has 0 saturated carbocycles. The van der Waals surface area contributed by atoms with Crippen LogP contribution in [0.25, 0.3) is 0 Å². The maximum atomic E-state index is 12.3. The van der Waals surface area contributed by atoms with Gasteiger partial charge in [0.2, 0.25) is 0 Å². The van der Waals surface area contributed by atoms with Crippen LogP contribution in [0.4, 0.5) is 18.9 Å². The Morgan fingerprint density at radius 2 is 2.00 bits per heavy atom. The molecule has 0 atom stereocenters. The summed E-state index contributed by atoms with van der Waals surface area (Å²) < 4.78 is 42.3. The Labute approximate surface area is 104 Å². The minimum atomic E-state index is -4.91. The second-order valence-corrected chi connectivity index (χ2v) is 4.01. The predicted octanol–water partition coefficient (Wildman–Crippen LogP) is 2.98. The minimum absolute atomic E-state index is 0.0456. The molecule has 1 rings (SSSR count). The fraction of sp³-hybridized carbons (Fsp3) is 0.300. The van der Waals surface area contributed by atoms with Crippen LogP contribution in [0.3, 0.4) is 0 Å². The Hall–Kier alpha value is -1.24. The number of ether oxygens (including phenoxy) is 1. The molecular formula is C10H9BrF3NO2. The number of halogens is 4. The normalized spacial score (nSPS) is 11.2. The first kappa shape index (κ1) is 13.8. The van der Waals surface area contributed by atoms with E-state index in [9.17, 15) is 18.0 Å². The molecule has 0 spiro atoms. The van der Waals surface area contributed by atoms with Gasteiger partial charge in [-0.25, -0.2) is 0 Å². The van der Waals surface area contributed by atoms with Crippen LogP contribution in [0.15, 0.2) is 22.7 Å². The second kappa shape index (κ2) is 4.95. The van der Waals surface area contributed by atoms with E-state index in [0.29, 0.717) is 9.37 Å². The van der Waals surface area contributed by atoms with Crippen LogP contribution >= 0.6 is 15.9 Å². The van der Waals surface area contributed by atoms with Crippen molar-refractivity contribution in [2.24, 2.45) is 0 Å². The van der Waals surface area contributed by atoms with Crippen LogP contribution in [-0.4, -0.2) is 26.2 Å². The van der Waals surface area contributed by atoms with Gasteiger partial charge in [-0.1, -0.05) is 6.07 Å². The molecule has 0 radical (unpaired) electrons. The first-order valence-corrected chi connectivity index (χ1v) is 5.25. The van der Waals surface area contributed by atoms with Crippen molar-refractivity contribution in [1.29, 1.82) is 0 Å². The van der Waals surface area contributed by atoms with Gasteiger partial charge in [0.25, 0.3) is 0 Å². The molecule has 0 bridgehead atoms. The van der Waals surface area contributed by atoms with Crippen LogP contribution < -0.4 is 9.64 Å². The van der Waals surface area contributed by atoms with Crippen LogP contribution in [-0.2, 0) is 4.79 Å². The molecule has 7 heteroatoms. The second-order valence-electron chi connectivity index (χ2n) is 3.15. The Balaban J connectivity index is 3.17. The smallest absolute Gasteiger partial charge is 0.471 e. The zero-order valence-electron chi connectivity index (χ0n) is 9.01. The van der Waals surface area contributed by atoms with Crippen molar-refractivity contribution in [3.05, 3.63) is 22.7 Å². The monoisotopic (exact) mass is 311 g/mol. The summed E-state index contributed by atoms with van der Waals surface area (Å²) in [6, 6.07) is 4.49. The fourth-order valence-corrected chi connectivity index (χ4v) is 1.78. The predicted molar refractivity (Wildman–Crippen MR) is 60.2 cm³/mol. The molecule has 17 heavy (non-hydrogen) atoms. The summed E-state index contributed by atoms with van der Waals surface area (Å²) in [5, 5.41) is 0. The summed E-state index contributed by atoms with van der Waals surface area (Å²) in [6.45, 7) is 0. The fourth-order valence-electron chi connectivity index (χ4n) is 1.26. The molecule has 0 aliphatic heterocycles. The van der Waals surface area contributed by atoms with Crippen molar-refractivity contribution in [2.75, 3.05) is 19.1 Å². The molecule has 0 fully saturated rings. The molecule has 1 aromatic carbocycles. The highest BCUT2D eigenvalue weighted by molar-refractivity contribution is 9.10. The maximum Gasteiger partial charge on any atom is 0.471 e. The molecule has 0 heterocycles. The molecule has 0 N–H and O–H groups in total. The van der Waals surface area contributed by atoms with Crippen LogP contribution in [0, 0.1) is 0 Å². The molecule has 0 aromatic heterocycles. The number of anilines is 1. The highest BCUT2D eigenvalue weighted by Crippen LogP contribution is 2.36. The topological polar surface area (TPSA) is 29.5 Å². The van der Waals surface area contributed by atoms with Gasteiger partial charge in [0.05, 0.1) is 17.3 Å². The van der Waals surface area contributed by atoms with E-state index in [4.69, 9.17) is 4.74 Å². The largest absolute Gasteiger partial charge is 0.493 e. The van der Waals surface area contributed by atoms with E-state index < -0.39 is 12.1 Å². The lowest BCUT2D eigenvalue weighted by molar-refractivity contribution is -0.170. The lowest BCUT2D eigenvalue weighted by Gasteiger charge is -2.21. The molecule has 1 aromatic rings. The summed E-state index contributed by atoms with van der Waals surface area (Å²) in [6.07, 6.45) is -4.91. The molecule has 0 aliphatic carbocycles. The quantitative estimate of drug-likeness (QED) is 0.840. The van der Waals surface area contributed by atoms with E-state index in [0.717, 1.165) is 7.05 Å². The highest BCUT2D eigenvalue weighted by Gasteiger charge is 2.42. The van der Waals surface area contributed by atoms with E-state index >= 15 is 0 Å². The molecular weight excluding hydrogens is 303 g/mol. The average Bonchev–Trinajstić information content (AvgIpc) is 2.25. The van der Waals surface area contributed by atoms with Crippen molar-refractivity contribution in [3.63, 3.8) is 0 Å². The van der Waals surface area contributed by atoms with Crippen molar-refractivity contribution < 1.29 is 22.7 Å². The molecule has 94 valence electrons. The number of methoxy groups -OCH3 is 1. The number of alkyl halides is 3. The van der Waals surface area contributed by atoms with Crippen molar-refractivity contribution >= 4 is 27.5 Å². The lowest BCUT2D eigenvalue weighted by atomic mass is 10.2. The van der Waals surface area contributed by atoms with Crippen LogP contribution in [0.5, 0.6) is 5.75 Å². The number of benzene rings is 1. The summed E-state index contributed by atoms with van der Waals surface area (Å²) in [7, 11) is 2.36. The summed E-state index contributed by atoms with van der Waals surface area (Å²) in [5.41, 5.74) is 0.0456. The van der Waals surface area contributed by atoms with Gasteiger partial charge < -0.3 is 9.64 Å². The third-order valence-corrected chi connectivity index (χ3v) is 2.68. The number of carbonyl (C=O) groups is 1. The SMILES string of the molecule is COc1c(Br)cccc1N(C)C(=O)C(F)(F)F. The van der Waals surface area contributed by atoms with Crippen LogP contribution in [0.2, 0.25) is 0 Å². The number of amides is 1. The van der Waals surface area contributed by atoms with E-state index in [-0.39, 0.29) is 11.4 Å². The van der Waals surface area contributed by atoms with Gasteiger partial charge in [-0.2, -0.15) is 13.2 Å². The van der Waals surface area contributed by atoms with Gasteiger partial charge in [-0.3, -0.25) is 4.79 Å². The average molecular weight is 312 g/mol. The number of rotatable bonds is 2. The highest BCUT2D eigenvalue weighted by atomic mass is 79.9. The zero-order valence-corrected chi connectivity index (χ0v) is 10.6. The number of carbonyl (C=O) groups excluding carboxylic acids is 1. The Morgan fingerprint density at radius 1 is 1.41 bits per heavy atom. The summed E-state index contributed by atoms with van der Waals surface area (Å²) in [5.74, 6) is -1.78. The van der Waals surface area contributed by atoms with Gasteiger partial charge >= 0.3 is 12.1 Å². The van der Waals surface area contributed by atoms with E-state index in [2.05, 4.69) is 15.9 Å². The van der Waals surface area contributed by atoms with Crippen molar-refractivity contribution in [3.8, 4) is 5.75 Å². The van der Waals surface area contributed by atoms with E-state index in [1.165, 1.54) is 19.2 Å². The molecule has 1 amide bonds. The van der Waals surface area contributed by atoms with Gasteiger partial charge in [0, 0.05) is 7.05 Å². The molecule has 3 nitrogen and oxygen atoms in total. The van der Waals surface area contributed by atoms with Gasteiger partial charge in [-0.15, -0.1) is 0 Å². The van der Waals surface area contributed by atoms with Crippen molar-refractivity contribution in [2.45, 2.75) is 6.18 Å². The Morgan fingerprint density at radius 3 is 2.47 bits per heavy atom. The van der Waals surface area contributed by atoms with Gasteiger partial charge in [0.1, 0.15) is 0 Å². The van der Waals surface area contributed by atoms with E-state index in [1.54, 1.807) is 6.07 Å². The first-order chi connectivity index (χ1) is 7.79. The summed E-state index contributed by atoms with van der Waals surface area (Å²) in [4.78, 5) is 11.6. The number of nitrogens with zero attached hydrogens (tertiary/aromatic N) is 1. The zero-order chi connectivity index (χ0) is 13.2. The Kier molecular flexibility index (Phi) is 4.03. The van der Waals surface area contributed by atoms with E-state index in [1.807, 2.05) is 0 Å². The molecule has 0 aliphatic rings. The maximum absolute atomic E-state index is 12.3. The third kappa shape index (κ3) is 2.91. The minimum Gasteiger partial charge on any atom is -0.493 e. The Bertz CT molecular complexity index is 434. The molecule has 0 saturated heterocycles. The van der Waals surface area contributed by atoms with Crippen LogP contribution in [0.1, 0.15) is 0 Å².